The minimum Gasteiger partial charge on any atom is -0.469 e. The van der Waals surface area contributed by atoms with Gasteiger partial charge in [0.1, 0.15) is 11.9 Å². The van der Waals surface area contributed by atoms with Crippen LogP contribution in [0, 0.1) is 24.2 Å². The lowest BCUT2D eigenvalue weighted by atomic mass is 9.56. The molecular weight excluding hydrogens is 252 g/mol. The topological polar surface area (TPSA) is 39.4 Å². The molecule has 0 amide bonds. The molecule has 20 heavy (non-hydrogen) atoms. The van der Waals surface area contributed by atoms with Gasteiger partial charge in [-0.1, -0.05) is 13.8 Å². The van der Waals surface area contributed by atoms with Crippen LogP contribution in [0.1, 0.15) is 50.5 Å². The molecular formula is C17H24O3. The molecule has 1 aromatic rings. The van der Waals surface area contributed by atoms with Crippen molar-refractivity contribution in [3.63, 3.8) is 0 Å². The summed E-state index contributed by atoms with van der Waals surface area (Å²) in [5.74, 6) is 2.02. The summed E-state index contributed by atoms with van der Waals surface area (Å²) in [7, 11) is 0. The van der Waals surface area contributed by atoms with Crippen molar-refractivity contribution in [2.45, 2.75) is 59.5 Å². The van der Waals surface area contributed by atoms with Crippen molar-refractivity contribution in [3.8, 4) is 0 Å². The summed E-state index contributed by atoms with van der Waals surface area (Å²) in [6.45, 7) is 8.26. The van der Waals surface area contributed by atoms with Crippen LogP contribution in [0.4, 0.5) is 0 Å². The molecule has 3 heteroatoms. The Hall–Kier alpha value is -1.25. The first-order valence-electron chi connectivity index (χ1n) is 7.64. The second kappa shape index (κ2) is 4.64. The summed E-state index contributed by atoms with van der Waals surface area (Å²) < 4.78 is 11.3. The quantitative estimate of drug-likeness (QED) is 0.735. The van der Waals surface area contributed by atoms with Gasteiger partial charge in [-0.15, -0.1) is 0 Å². The van der Waals surface area contributed by atoms with Gasteiger partial charge in [-0.2, -0.15) is 0 Å². The van der Waals surface area contributed by atoms with E-state index in [4.69, 9.17) is 9.15 Å². The Kier molecular flexibility index (Phi) is 3.19. The molecule has 0 aliphatic heterocycles. The van der Waals surface area contributed by atoms with Gasteiger partial charge in [0.15, 0.2) is 0 Å². The average Bonchev–Trinajstić information content (AvgIpc) is 2.72. The lowest BCUT2D eigenvalue weighted by molar-refractivity contribution is -0.156. The predicted octanol–water partition coefficient (Wildman–Crippen LogP) is 3.67. The third-order valence-corrected chi connectivity index (χ3v) is 5.61. The smallest absolute Gasteiger partial charge is 0.302 e. The zero-order chi connectivity index (χ0) is 14.5. The molecule has 1 saturated carbocycles. The lowest BCUT2D eigenvalue weighted by Gasteiger charge is -2.50. The highest BCUT2D eigenvalue weighted by Crippen LogP contribution is 2.52. The van der Waals surface area contributed by atoms with Crippen LogP contribution in [0.25, 0.3) is 0 Å². The molecule has 1 fully saturated rings. The highest BCUT2D eigenvalue weighted by Gasteiger charge is 2.49. The first kappa shape index (κ1) is 13.7. The van der Waals surface area contributed by atoms with Crippen molar-refractivity contribution < 1.29 is 13.9 Å². The summed E-state index contributed by atoms with van der Waals surface area (Å²) in [6, 6.07) is 0. The Morgan fingerprint density at radius 1 is 1.50 bits per heavy atom. The fourth-order valence-electron chi connectivity index (χ4n) is 4.38. The molecule has 0 saturated heterocycles. The standard InChI is InChI=1S/C17H24O3/c1-10-9-19-16-8-17(4)6-5-15(20-12(3)18)11(2)14(17)7-13(10)16/h9,11,14-15H,5-8H2,1-4H3/t11-,14+,15-,17-/m1/s1. The van der Waals surface area contributed by atoms with Crippen LogP contribution in [0.2, 0.25) is 0 Å². The second-order valence-electron chi connectivity index (χ2n) is 7.01. The molecule has 3 nitrogen and oxygen atoms in total. The molecule has 0 N–H and O–H groups in total. The Bertz CT molecular complexity index is 530. The van der Waals surface area contributed by atoms with Crippen LogP contribution >= 0.6 is 0 Å². The molecule has 0 radical (unpaired) electrons. The van der Waals surface area contributed by atoms with Gasteiger partial charge in [0.05, 0.1) is 6.26 Å². The van der Waals surface area contributed by atoms with E-state index in [1.165, 1.54) is 23.8 Å². The van der Waals surface area contributed by atoms with Crippen molar-refractivity contribution in [3.05, 3.63) is 23.2 Å². The molecule has 0 spiro atoms. The zero-order valence-corrected chi connectivity index (χ0v) is 12.9. The molecule has 0 aromatic carbocycles. The summed E-state index contributed by atoms with van der Waals surface area (Å²) in [6.07, 6.45) is 6.14. The maximum Gasteiger partial charge on any atom is 0.302 e. The molecule has 1 heterocycles. The number of rotatable bonds is 1. The number of esters is 1. The Labute approximate surface area is 120 Å². The molecule has 2 aliphatic rings. The predicted molar refractivity (Wildman–Crippen MR) is 76.4 cm³/mol. The summed E-state index contributed by atoms with van der Waals surface area (Å²) in [5, 5.41) is 0. The lowest BCUT2D eigenvalue weighted by Crippen LogP contribution is -2.48. The van der Waals surface area contributed by atoms with E-state index in [9.17, 15) is 4.79 Å². The highest BCUT2D eigenvalue weighted by molar-refractivity contribution is 5.66. The largest absolute Gasteiger partial charge is 0.469 e. The number of carbonyl (C=O) groups is 1. The van der Waals surface area contributed by atoms with E-state index in [2.05, 4.69) is 20.8 Å². The van der Waals surface area contributed by atoms with Gasteiger partial charge < -0.3 is 9.15 Å². The SMILES string of the molecule is CC(=O)O[C@@H]1CC[C@]2(C)Cc3occ(C)c3C[C@H]2[C@H]1C. The third-order valence-electron chi connectivity index (χ3n) is 5.61. The molecule has 0 unspecified atom stereocenters. The molecule has 0 bridgehead atoms. The van der Waals surface area contributed by atoms with Gasteiger partial charge in [-0.3, -0.25) is 4.79 Å². The number of hydrogen-bond donors (Lipinski definition) is 0. The maximum atomic E-state index is 11.3. The van der Waals surface area contributed by atoms with E-state index in [0.29, 0.717) is 11.8 Å². The number of fused-ring (bicyclic) bond motifs is 2. The van der Waals surface area contributed by atoms with Crippen molar-refractivity contribution in [2.24, 2.45) is 17.3 Å². The molecule has 2 aliphatic carbocycles. The fourth-order valence-corrected chi connectivity index (χ4v) is 4.38. The fraction of sp³-hybridized carbons (Fsp3) is 0.706. The minimum atomic E-state index is -0.151. The monoisotopic (exact) mass is 276 g/mol. The van der Waals surface area contributed by atoms with Crippen LogP contribution < -0.4 is 0 Å². The zero-order valence-electron chi connectivity index (χ0n) is 12.9. The molecule has 3 rings (SSSR count). The van der Waals surface area contributed by atoms with E-state index < -0.39 is 0 Å². The molecule has 110 valence electrons. The number of aryl methyl sites for hydroxylation is 1. The van der Waals surface area contributed by atoms with Crippen molar-refractivity contribution in [2.75, 3.05) is 0 Å². The second-order valence-corrected chi connectivity index (χ2v) is 7.01. The number of ether oxygens (including phenoxy) is 1. The van der Waals surface area contributed by atoms with Crippen LogP contribution in [-0.4, -0.2) is 12.1 Å². The van der Waals surface area contributed by atoms with Crippen molar-refractivity contribution in [1.82, 2.24) is 0 Å². The van der Waals surface area contributed by atoms with E-state index in [-0.39, 0.29) is 17.5 Å². The molecule has 4 atom stereocenters. The summed E-state index contributed by atoms with van der Waals surface area (Å²) in [4.78, 5) is 11.3. The Balaban J connectivity index is 1.88. The van der Waals surface area contributed by atoms with Crippen LogP contribution in [-0.2, 0) is 22.4 Å². The van der Waals surface area contributed by atoms with E-state index in [1.807, 2.05) is 6.26 Å². The minimum absolute atomic E-state index is 0.0827. The van der Waals surface area contributed by atoms with Gasteiger partial charge in [0.25, 0.3) is 0 Å². The van der Waals surface area contributed by atoms with Crippen molar-refractivity contribution >= 4 is 5.97 Å². The van der Waals surface area contributed by atoms with E-state index in [1.54, 1.807) is 0 Å². The number of furan rings is 1. The number of carbonyl (C=O) groups excluding carboxylic acids is 1. The third kappa shape index (κ3) is 2.07. The Morgan fingerprint density at radius 2 is 2.25 bits per heavy atom. The average molecular weight is 276 g/mol. The van der Waals surface area contributed by atoms with Crippen LogP contribution in [0.3, 0.4) is 0 Å². The summed E-state index contributed by atoms with van der Waals surface area (Å²) in [5.41, 5.74) is 2.94. The van der Waals surface area contributed by atoms with Gasteiger partial charge in [-0.25, -0.2) is 0 Å². The first-order valence-corrected chi connectivity index (χ1v) is 7.64. The van der Waals surface area contributed by atoms with E-state index in [0.717, 1.165) is 25.7 Å². The van der Waals surface area contributed by atoms with E-state index >= 15 is 0 Å². The molecule has 1 aromatic heterocycles. The summed E-state index contributed by atoms with van der Waals surface area (Å²) >= 11 is 0. The maximum absolute atomic E-state index is 11.3. The number of hydrogen-bond acceptors (Lipinski definition) is 3. The van der Waals surface area contributed by atoms with Crippen LogP contribution in [0.5, 0.6) is 0 Å². The van der Waals surface area contributed by atoms with Gasteiger partial charge in [0, 0.05) is 13.3 Å². The Morgan fingerprint density at radius 3 is 2.95 bits per heavy atom. The van der Waals surface area contributed by atoms with Gasteiger partial charge in [0.2, 0.25) is 0 Å². The first-order chi connectivity index (χ1) is 9.40. The van der Waals surface area contributed by atoms with Gasteiger partial charge in [-0.05, 0) is 54.6 Å². The van der Waals surface area contributed by atoms with Crippen LogP contribution in [0.15, 0.2) is 10.7 Å². The van der Waals surface area contributed by atoms with Crippen molar-refractivity contribution in [1.29, 1.82) is 0 Å². The highest BCUT2D eigenvalue weighted by atomic mass is 16.5. The normalized spacial score (nSPS) is 36.1. The van der Waals surface area contributed by atoms with Gasteiger partial charge >= 0.3 is 5.97 Å².